The van der Waals surface area contributed by atoms with Crippen molar-refractivity contribution in [3.63, 3.8) is 0 Å². The first kappa shape index (κ1) is 17.3. The van der Waals surface area contributed by atoms with E-state index in [1.165, 1.54) is 0 Å². The highest BCUT2D eigenvalue weighted by Gasteiger charge is 2.20. The predicted octanol–water partition coefficient (Wildman–Crippen LogP) is -0.531. The predicted molar refractivity (Wildman–Crippen MR) is 76.2 cm³/mol. The Morgan fingerprint density at radius 2 is 2.10 bits per heavy atom. The summed E-state index contributed by atoms with van der Waals surface area (Å²) in [6.07, 6.45) is 2.01. The average molecular weight is 364 g/mol. The standard InChI is InChI=1S/C14H18BrNO3.ClH/c1-16-8-2-3-13(9-16)19-14(17)10-18-12-6-4-11(15)5-7-12;/h4-7,13H,2-3,8-10H2,1H3;1H/p-1. The number of likely N-dealkylation sites (N-methyl/N-ethyl adjacent to an activating group) is 1. The van der Waals surface area contributed by atoms with Crippen molar-refractivity contribution >= 4 is 21.9 Å². The Bertz CT molecular complexity index is 427. The van der Waals surface area contributed by atoms with E-state index in [0.717, 1.165) is 30.4 Å². The van der Waals surface area contributed by atoms with E-state index in [9.17, 15) is 4.79 Å². The molecule has 112 valence electrons. The highest BCUT2D eigenvalue weighted by atomic mass is 79.9. The topological polar surface area (TPSA) is 38.8 Å². The number of hydrogen-bond acceptors (Lipinski definition) is 4. The maximum absolute atomic E-state index is 11.7. The number of hydrogen-bond donors (Lipinski definition) is 0. The molecule has 0 bridgehead atoms. The number of piperidine rings is 1. The van der Waals surface area contributed by atoms with Gasteiger partial charge in [-0.15, -0.1) is 0 Å². The number of benzene rings is 1. The summed E-state index contributed by atoms with van der Waals surface area (Å²) in [7, 11) is 2.04. The zero-order valence-corrected chi connectivity index (χ0v) is 13.7. The summed E-state index contributed by atoms with van der Waals surface area (Å²) < 4.78 is 11.8. The first-order chi connectivity index (χ1) is 9.13. The van der Waals surface area contributed by atoms with Gasteiger partial charge >= 0.3 is 5.97 Å². The van der Waals surface area contributed by atoms with Gasteiger partial charge in [0.15, 0.2) is 6.61 Å². The largest absolute Gasteiger partial charge is 1.00 e. The van der Waals surface area contributed by atoms with Crippen LogP contribution in [-0.4, -0.2) is 43.7 Å². The number of nitrogens with zero attached hydrogens (tertiary/aromatic N) is 1. The molecule has 0 N–H and O–H groups in total. The van der Waals surface area contributed by atoms with Crippen molar-refractivity contribution in [1.29, 1.82) is 0 Å². The van der Waals surface area contributed by atoms with Crippen LogP contribution >= 0.6 is 15.9 Å². The van der Waals surface area contributed by atoms with Gasteiger partial charge in [0.1, 0.15) is 11.9 Å². The monoisotopic (exact) mass is 362 g/mol. The lowest BCUT2D eigenvalue weighted by Gasteiger charge is -2.29. The Balaban J connectivity index is 0.00000200. The van der Waals surface area contributed by atoms with Crippen LogP contribution in [0.1, 0.15) is 12.8 Å². The van der Waals surface area contributed by atoms with Crippen LogP contribution in [-0.2, 0) is 9.53 Å². The molecule has 0 spiro atoms. The van der Waals surface area contributed by atoms with Gasteiger partial charge in [0.2, 0.25) is 0 Å². The van der Waals surface area contributed by atoms with Crippen molar-refractivity contribution in [1.82, 2.24) is 4.90 Å². The first-order valence-corrected chi connectivity index (χ1v) is 7.19. The average Bonchev–Trinajstić information content (AvgIpc) is 2.38. The molecule has 1 fully saturated rings. The van der Waals surface area contributed by atoms with Crippen LogP contribution in [0.15, 0.2) is 28.7 Å². The lowest BCUT2D eigenvalue weighted by molar-refractivity contribution is -0.153. The van der Waals surface area contributed by atoms with Gasteiger partial charge in [-0.05, 0) is 50.7 Å². The molecule has 1 atom stereocenters. The van der Waals surface area contributed by atoms with Crippen molar-refractivity contribution < 1.29 is 26.7 Å². The fourth-order valence-corrected chi connectivity index (χ4v) is 2.37. The quantitative estimate of drug-likeness (QED) is 0.674. The summed E-state index contributed by atoms with van der Waals surface area (Å²) in [6.45, 7) is 1.84. The van der Waals surface area contributed by atoms with E-state index in [0.29, 0.717) is 5.75 Å². The SMILES string of the molecule is CN1CCCC(OC(=O)COc2ccc(Br)cc2)C1.[Cl-]. The lowest BCUT2D eigenvalue weighted by Crippen LogP contribution is -3.00. The molecule has 4 nitrogen and oxygen atoms in total. The molecule has 1 aliphatic heterocycles. The van der Waals surface area contributed by atoms with Crippen LogP contribution in [0.3, 0.4) is 0 Å². The van der Waals surface area contributed by atoms with E-state index < -0.39 is 0 Å². The molecular formula is C14H18BrClNO3-. The zero-order chi connectivity index (χ0) is 13.7. The molecule has 6 heteroatoms. The number of rotatable bonds is 4. The van der Waals surface area contributed by atoms with Crippen molar-refractivity contribution in [3.8, 4) is 5.75 Å². The normalized spacial score (nSPS) is 19.0. The molecule has 0 amide bonds. The number of halogens is 2. The third kappa shape index (κ3) is 5.69. The van der Waals surface area contributed by atoms with Crippen molar-refractivity contribution in [2.45, 2.75) is 18.9 Å². The molecule has 1 saturated heterocycles. The smallest absolute Gasteiger partial charge is 0.344 e. The van der Waals surface area contributed by atoms with Crippen LogP contribution in [0, 0.1) is 0 Å². The molecule has 0 saturated carbocycles. The fraction of sp³-hybridized carbons (Fsp3) is 0.500. The van der Waals surface area contributed by atoms with Gasteiger partial charge in [0, 0.05) is 11.0 Å². The first-order valence-electron chi connectivity index (χ1n) is 6.40. The molecule has 2 rings (SSSR count). The number of likely N-dealkylation sites (tertiary alicyclic amines) is 1. The van der Waals surface area contributed by atoms with Crippen molar-refractivity contribution in [2.24, 2.45) is 0 Å². The van der Waals surface area contributed by atoms with Gasteiger partial charge in [0.25, 0.3) is 0 Å². The molecule has 1 heterocycles. The minimum Gasteiger partial charge on any atom is -1.00 e. The van der Waals surface area contributed by atoms with Crippen molar-refractivity contribution in [3.05, 3.63) is 28.7 Å². The highest BCUT2D eigenvalue weighted by Crippen LogP contribution is 2.16. The second-order valence-electron chi connectivity index (χ2n) is 4.76. The number of esters is 1. The summed E-state index contributed by atoms with van der Waals surface area (Å²) in [6, 6.07) is 7.37. The molecule has 0 aliphatic carbocycles. The van der Waals surface area contributed by atoms with Gasteiger partial charge < -0.3 is 26.8 Å². The second-order valence-corrected chi connectivity index (χ2v) is 5.67. The number of carbonyl (C=O) groups is 1. The van der Waals surface area contributed by atoms with E-state index >= 15 is 0 Å². The Morgan fingerprint density at radius 1 is 1.40 bits per heavy atom. The van der Waals surface area contributed by atoms with Crippen LogP contribution in [0.2, 0.25) is 0 Å². The van der Waals surface area contributed by atoms with Gasteiger partial charge in [0.05, 0.1) is 0 Å². The zero-order valence-electron chi connectivity index (χ0n) is 11.4. The Hall–Kier alpha value is -0.780. The summed E-state index contributed by atoms with van der Waals surface area (Å²) in [5.41, 5.74) is 0. The number of ether oxygens (including phenoxy) is 2. The molecule has 1 aromatic carbocycles. The maximum Gasteiger partial charge on any atom is 0.344 e. The van der Waals surface area contributed by atoms with Gasteiger partial charge in [-0.25, -0.2) is 4.79 Å². The fourth-order valence-electron chi connectivity index (χ4n) is 2.11. The van der Waals surface area contributed by atoms with E-state index in [1.54, 1.807) is 0 Å². The molecule has 1 unspecified atom stereocenters. The van der Waals surface area contributed by atoms with Gasteiger partial charge in [-0.2, -0.15) is 0 Å². The summed E-state index contributed by atoms with van der Waals surface area (Å²) in [5, 5.41) is 0. The summed E-state index contributed by atoms with van der Waals surface area (Å²) >= 11 is 3.35. The Kier molecular flexibility index (Phi) is 7.34. The lowest BCUT2D eigenvalue weighted by atomic mass is 10.1. The third-order valence-electron chi connectivity index (χ3n) is 3.05. The third-order valence-corrected chi connectivity index (χ3v) is 3.58. The number of carbonyl (C=O) groups excluding carboxylic acids is 1. The highest BCUT2D eigenvalue weighted by molar-refractivity contribution is 9.10. The Morgan fingerprint density at radius 3 is 2.75 bits per heavy atom. The molecule has 0 aromatic heterocycles. The summed E-state index contributed by atoms with van der Waals surface area (Å²) in [5.74, 6) is 0.365. The molecular weight excluding hydrogens is 346 g/mol. The van der Waals surface area contributed by atoms with Crippen LogP contribution in [0.25, 0.3) is 0 Å². The minimum absolute atomic E-state index is 0. The van der Waals surface area contributed by atoms with Crippen LogP contribution < -0.4 is 17.1 Å². The molecule has 1 aliphatic rings. The molecule has 0 radical (unpaired) electrons. The minimum atomic E-state index is -0.303. The van der Waals surface area contributed by atoms with Crippen LogP contribution in [0.4, 0.5) is 0 Å². The second kappa shape index (κ2) is 8.49. The molecule has 1 aromatic rings. The Labute approximate surface area is 134 Å². The van der Waals surface area contributed by atoms with Crippen molar-refractivity contribution in [2.75, 3.05) is 26.7 Å². The molecule has 20 heavy (non-hydrogen) atoms. The van der Waals surface area contributed by atoms with E-state index in [2.05, 4.69) is 20.8 Å². The van der Waals surface area contributed by atoms with Gasteiger partial charge in [-0.3, -0.25) is 0 Å². The van der Waals surface area contributed by atoms with E-state index in [1.807, 2.05) is 31.3 Å². The van der Waals surface area contributed by atoms with Crippen LogP contribution in [0.5, 0.6) is 5.75 Å². The maximum atomic E-state index is 11.7. The van der Waals surface area contributed by atoms with E-state index in [4.69, 9.17) is 9.47 Å². The summed E-state index contributed by atoms with van der Waals surface area (Å²) in [4.78, 5) is 13.9. The van der Waals surface area contributed by atoms with E-state index in [-0.39, 0.29) is 31.1 Å². The van der Waals surface area contributed by atoms with Gasteiger partial charge in [-0.1, -0.05) is 15.9 Å².